The van der Waals surface area contributed by atoms with Gasteiger partial charge in [0.25, 0.3) is 5.91 Å². The van der Waals surface area contributed by atoms with E-state index in [0.29, 0.717) is 38.9 Å². The topological polar surface area (TPSA) is 64.6 Å². The summed E-state index contributed by atoms with van der Waals surface area (Å²) < 4.78 is 11.2. The van der Waals surface area contributed by atoms with Crippen molar-refractivity contribution in [2.75, 3.05) is 11.9 Å². The number of nitrogens with one attached hydrogen (secondary N) is 1. The molecule has 0 atom stereocenters. The molecule has 1 heterocycles. The molecular formula is C26H28ClNO4S. The molecule has 0 bridgehead atoms. The van der Waals surface area contributed by atoms with Gasteiger partial charge in [0.2, 0.25) is 0 Å². The summed E-state index contributed by atoms with van der Waals surface area (Å²) in [6, 6.07) is 14.2. The fraction of sp³-hybridized carbons (Fsp3) is 0.308. The lowest BCUT2D eigenvalue weighted by molar-refractivity contribution is 0.0380. The average molecular weight is 486 g/mol. The van der Waals surface area contributed by atoms with Gasteiger partial charge in [0.1, 0.15) is 16.3 Å². The molecule has 7 heteroatoms. The van der Waals surface area contributed by atoms with Crippen LogP contribution in [0.3, 0.4) is 0 Å². The summed E-state index contributed by atoms with van der Waals surface area (Å²) in [5.74, 6) is -0.105. The van der Waals surface area contributed by atoms with Gasteiger partial charge >= 0.3 is 5.97 Å². The number of carbonyl (C=O) groups excluding carboxylic acids is 2. The third kappa shape index (κ3) is 6.59. The van der Waals surface area contributed by atoms with Gasteiger partial charge in [-0.3, -0.25) is 4.79 Å². The molecule has 5 nitrogen and oxygen atoms in total. The molecule has 0 spiro atoms. The third-order valence-electron chi connectivity index (χ3n) is 4.86. The Morgan fingerprint density at radius 2 is 1.76 bits per heavy atom. The lowest BCUT2D eigenvalue weighted by atomic mass is 10.0. The van der Waals surface area contributed by atoms with Gasteiger partial charge in [0.15, 0.2) is 0 Å². The summed E-state index contributed by atoms with van der Waals surface area (Å²) >= 11 is 7.63. The fourth-order valence-electron chi connectivity index (χ4n) is 3.22. The van der Waals surface area contributed by atoms with Crippen LogP contribution in [0.25, 0.3) is 11.1 Å². The van der Waals surface area contributed by atoms with Crippen molar-refractivity contribution < 1.29 is 19.1 Å². The number of anilines is 1. The van der Waals surface area contributed by atoms with Gasteiger partial charge in [0, 0.05) is 27.1 Å². The SMILES string of the molecule is CCCCCOc1ccc(C(=O)Nc2scc(-c3ccccc3Cl)c2C(=O)OC(C)C)cc1. The molecule has 0 fully saturated rings. The van der Waals surface area contributed by atoms with Gasteiger partial charge < -0.3 is 14.8 Å². The van der Waals surface area contributed by atoms with E-state index in [1.165, 1.54) is 11.3 Å². The fourth-order valence-corrected chi connectivity index (χ4v) is 4.40. The van der Waals surface area contributed by atoms with Crippen LogP contribution in [0.4, 0.5) is 5.00 Å². The molecule has 33 heavy (non-hydrogen) atoms. The number of rotatable bonds is 10. The maximum atomic E-state index is 12.9. The number of ether oxygens (including phenoxy) is 2. The summed E-state index contributed by atoms with van der Waals surface area (Å²) in [5.41, 5.74) is 2.09. The second-order valence-corrected chi connectivity index (χ2v) is 9.11. The highest BCUT2D eigenvalue weighted by atomic mass is 35.5. The zero-order valence-electron chi connectivity index (χ0n) is 19.0. The van der Waals surface area contributed by atoms with Crippen LogP contribution in [0.2, 0.25) is 5.02 Å². The molecule has 0 aliphatic heterocycles. The van der Waals surface area contributed by atoms with Gasteiger partial charge in [-0.1, -0.05) is 49.6 Å². The highest BCUT2D eigenvalue weighted by molar-refractivity contribution is 7.15. The maximum Gasteiger partial charge on any atom is 0.342 e. The van der Waals surface area contributed by atoms with E-state index in [1.54, 1.807) is 49.6 Å². The van der Waals surface area contributed by atoms with Crippen molar-refractivity contribution in [3.63, 3.8) is 0 Å². The smallest absolute Gasteiger partial charge is 0.342 e. The van der Waals surface area contributed by atoms with Crippen LogP contribution in [0, 0.1) is 0 Å². The van der Waals surface area contributed by atoms with E-state index in [-0.39, 0.29) is 12.0 Å². The van der Waals surface area contributed by atoms with E-state index in [9.17, 15) is 9.59 Å². The highest BCUT2D eigenvalue weighted by Gasteiger charge is 2.25. The average Bonchev–Trinajstić information content (AvgIpc) is 3.20. The Hall–Kier alpha value is -2.83. The lowest BCUT2D eigenvalue weighted by Gasteiger charge is -2.12. The van der Waals surface area contributed by atoms with Crippen molar-refractivity contribution in [3.05, 3.63) is 70.1 Å². The van der Waals surface area contributed by atoms with E-state index in [4.69, 9.17) is 21.1 Å². The molecule has 0 saturated carbocycles. The van der Waals surface area contributed by atoms with Gasteiger partial charge in [-0.05, 0) is 50.6 Å². The summed E-state index contributed by atoms with van der Waals surface area (Å²) in [7, 11) is 0. The first kappa shape index (κ1) is 24.8. The van der Waals surface area contributed by atoms with Crippen LogP contribution >= 0.6 is 22.9 Å². The predicted molar refractivity (Wildman–Crippen MR) is 135 cm³/mol. The molecule has 0 aliphatic carbocycles. The van der Waals surface area contributed by atoms with Crippen LogP contribution in [0.1, 0.15) is 60.7 Å². The first-order valence-electron chi connectivity index (χ1n) is 11.0. The van der Waals surface area contributed by atoms with Crippen LogP contribution < -0.4 is 10.1 Å². The van der Waals surface area contributed by atoms with Gasteiger partial charge in [-0.25, -0.2) is 4.79 Å². The van der Waals surface area contributed by atoms with Crippen LogP contribution in [-0.4, -0.2) is 24.6 Å². The van der Waals surface area contributed by atoms with E-state index in [2.05, 4.69) is 12.2 Å². The monoisotopic (exact) mass is 485 g/mol. The first-order valence-corrected chi connectivity index (χ1v) is 12.3. The van der Waals surface area contributed by atoms with Gasteiger partial charge in [-0.2, -0.15) is 0 Å². The molecule has 1 N–H and O–H groups in total. The molecule has 1 amide bonds. The second-order valence-electron chi connectivity index (χ2n) is 7.82. The normalized spacial score (nSPS) is 10.8. The van der Waals surface area contributed by atoms with Crippen molar-refractivity contribution in [2.45, 2.75) is 46.1 Å². The summed E-state index contributed by atoms with van der Waals surface area (Å²) in [6.45, 7) is 6.36. The number of benzene rings is 2. The van der Waals surface area contributed by atoms with Crippen LogP contribution in [0.15, 0.2) is 53.9 Å². The van der Waals surface area contributed by atoms with E-state index < -0.39 is 5.97 Å². The molecule has 0 aliphatic rings. The number of thiophene rings is 1. The number of halogens is 1. The van der Waals surface area contributed by atoms with E-state index in [1.807, 2.05) is 18.2 Å². The van der Waals surface area contributed by atoms with Crippen molar-refractivity contribution >= 4 is 39.8 Å². The second kappa shape index (κ2) is 11.9. The summed E-state index contributed by atoms with van der Waals surface area (Å²) in [6.07, 6.45) is 2.96. The Kier molecular flexibility index (Phi) is 8.92. The van der Waals surface area contributed by atoms with E-state index in [0.717, 1.165) is 25.0 Å². The molecule has 3 aromatic rings. The Balaban J connectivity index is 1.82. The van der Waals surface area contributed by atoms with Gasteiger partial charge in [-0.15, -0.1) is 11.3 Å². The molecular weight excluding hydrogens is 458 g/mol. The molecule has 3 rings (SSSR count). The molecule has 0 saturated heterocycles. The molecule has 0 unspecified atom stereocenters. The number of hydrogen-bond donors (Lipinski definition) is 1. The maximum absolute atomic E-state index is 12.9. The molecule has 1 aromatic heterocycles. The van der Waals surface area contributed by atoms with Gasteiger partial charge in [0.05, 0.1) is 12.7 Å². The minimum absolute atomic E-state index is 0.297. The van der Waals surface area contributed by atoms with Crippen LogP contribution in [0.5, 0.6) is 5.75 Å². The van der Waals surface area contributed by atoms with E-state index >= 15 is 0 Å². The Bertz CT molecular complexity index is 1090. The minimum Gasteiger partial charge on any atom is -0.494 e. The van der Waals surface area contributed by atoms with Crippen molar-refractivity contribution in [1.29, 1.82) is 0 Å². The minimum atomic E-state index is -0.507. The number of esters is 1. The molecule has 174 valence electrons. The molecule has 2 aromatic carbocycles. The quantitative estimate of drug-likeness (QED) is 0.239. The van der Waals surface area contributed by atoms with Crippen LogP contribution in [-0.2, 0) is 4.74 Å². The highest BCUT2D eigenvalue weighted by Crippen LogP contribution is 2.39. The zero-order chi connectivity index (χ0) is 23.8. The van der Waals surface area contributed by atoms with Crippen molar-refractivity contribution in [3.8, 4) is 16.9 Å². The number of hydrogen-bond acceptors (Lipinski definition) is 5. The standard InChI is InChI=1S/C26H28ClNO4S/c1-4-5-8-15-31-19-13-11-18(12-14-19)24(29)28-25-23(26(30)32-17(2)3)21(16-33-25)20-9-6-7-10-22(20)27/h6-7,9-14,16-17H,4-5,8,15H2,1-3H3,(H,28,29). The number of unbranched alkanes of at least 4 members (excludes halogenated alkanes) is 2. The Labute approximate surface area is 203 Å². The lowest BCUT2D eigenvalue weighted by Crippen LogP contribution is -2.16. The molecule has 0 radical (unpaired) electrons. The summed E-state index contributed by atoms with van der Waals surface area (Å²) in [4.78, 5) is 25.8. The predicted octanol–water partition coefficient (Wildman–Crippen LogP) is 7.46. The number of amides is 1. The van der Waals surface area contributed by atoms with Crippen molar-refractivity contribution in [2.24, 2.45) is 0 Å². The third-order valence-corrected chi connectivity index (χ3v) is 6.09. The first-order chi connectivity index (χ1) is 15.9. The summed E-state index contributed by atoms with van der Waals surface area (Å²) in [5, 5.41) is 5.60. The zero-order valence-corrected chi connectivity index (χ0v) is 20.6. The number of carbonyl (C=O) groups is 2. The Morgan fingerprint density at radius 3 is 2.42 bits per heavy atom. The largest absolute Gasteiger partial charge is 0.494 e. The Morgan fingerprint density at radius 1 is 1.03 bits per heavy atom. The van der Waals surface area contributed by atoms with Crippen molar-refractivity contribution in [1.82, 2.24) is 0 Å².